The minimum atomic E-state index is -0.0850. The van der Waals surface area contributed by atoms with E-state index >= 15 is 0 Å². The van der Waals surface area contributed by atoms with Gasteiger partial charge in [-0.05, 0) is 25.8 Å². The number of piperazine rings is 1. The van der Waals surface area contributed by atoms with Gasteiger partial charge in [0, 0.05) is 37.8 Å². The second-order valence-corrected chi connectivity index (χ2v) is 5.19. The number of hydrogen-bond acceptors (Lipinski definition) is 2. The molecule has 19 heavy (non-hydrogen) atoms. The smallest absolute Gasteiger partial charge is 0.128 e. The largest absolute Gasteiger partial charge is 0.314 e. The molecule has 0 unspecified atom stereocenters. The highest BCUT2D eigenvalue weighted by atomic mass is 19.1. The third-order valence-corrected chi connectivity index (χ3v) is 3.75. The summed E-state index contributed by atoms with van der Waals surface area (Å²) in [6.45, 7) is 9.74. The summed E-state index contributed by atoms with van der Waals surface area (Å²) in [4.78, 5) is 2.39. The van der Waals surface area contributed by atoms with Gasteiger partial charge in [0.05, 0.1) is 0 Å². The molecule has 0 saturated carbocycles. The molecule has 3 heteroatoms. The van der Waals surface area contributed by atoms with Gasteiger partial charge in [0.2, 0.25) is 0 Å². The van der Waals surface area contributed by atoms with E-state index < -0.39 is 0 Å². The molecule has 0 aliphatic carbocycles. The van der Waals surface area contributed by atoms with Gasteiger partial charge in [-0.15, -0.1) is 6.58 Å². The lowest BCUT2D eigenvalue weighted by molar-refractivity contribution is 0.163. The lowest BCUT2D eigenvalue weighted by Gasteiger charge is -2.35. The number of nitrogens with one attached hydrogen (secondary N) is 1. The molecule has 2 rings (SSSR count). The van der Waals surface area contributed by atoms with Crippen molar-refractivity contribution in [1.82, 2.24) is 10.2 Å². The lowest BCUT2D eigenvalue weighted by Crippen LogP contribution is -2.45. The molecule has 0 amide bonds. The van der Waals surface area contributed by atoms with Gasteiger partial charge in [0.25, 0.3) is 0 Å². The average molecular weight is 262 g/mol. The van der Waals surface area contributed by atoms with E-state index in [1.165, 1.54) is 0 Å². The predicted molar refractivity (Wildman–Crippen MR) is 77.8 cm³/mol. The molecule has 0 radical (unpaired) electrons. The van der Waals surface area contributed by atoms with E-state index in [0.29, 0.717) is 0 Å². The Morgan fingerprint density at radius 2 is 2.16 bits per heavy atom. The quantitative estimate of drug-likeness (QED) is 0.821. The van der Waals surface area contributed by atoms with Crippen molar-refractivity contribution in [3.8, 4) is 0 Å². The minimum Gasteiger partial charge on any atom is -0.314 e. The molecule has 1 fully saturated rings. The second kappa shape index (κ2) is 6.83. The minimum absolute atomic E-state index is 0.0850. The van der Waals surface area contributed by atoms with Gasteiger partial charge in [-0.1, -0.05) is 23.8 Å². The van der Waals surface area contributed by atoms with Crippen LogP contribution in [-0.2, 0) is 0 Å². The fourth-order valence-electron chi connectivity index (χ4n) is 2.72. The first-order valence-electron chi connectivity index (χ1n) is 7.04. The number of nitrogens with zero attached hydrogens (tertiary/aromatic N) is 1. The number of allylic oxidation sites excluding steroid dienone is 1. The summed E-state index contributed by atoms with van der Waals surface area (Å²) in [5, 5.41) is 3.35. The molecule has 0 aromatic heterocycles. The molecule has 1 aliphatic rings. The molecular weight excluding hydrogens is 239 g/mol. The maximum absolute atomic E-state index is 14.1. The van der Waals surface area contributed by atoms with Crippen LogP contribution in [0.5, 0.6) is 0 Å². The third kappa shape index (κ3) is 3.64. The summed E-state index contributed by atoms with van der Waals surface area (Å²) in [5.41, 5.74) is 1.96. The molecule has 104 valence electrons. The van der Waals surface area contributed by atoms with Gasteiger partial charge in [-0.25, -0.2) is 4.39 Å². The van der Waals surface area contributed by atoms with Crippen LogP contribution >= 0.6 is 0 Å². The van der Waals surface area contributed by atoms with Crippen molar-refractivity contribution in [2.45, 2.75) is 25.8 Å². The highest BCUT2D eigenvalue weighted by Gasteiger charge is 2.23. The number of benzene rings is 1. The topological polar surface area (TPSA) is 15.3 Å². The summed E-state index contributed by atoms with van der Waals surface area (Å²) < 4.78 is 14.1. The zero-order valence-electron chi connectivity index (χ0n) is 11.7. The molecule has 1 N–H and O–H groups in total. The van der Waals surface area contributed by atoms with Crippen molar-refractivity contribution in [1.29, 1.82) is 0 Å². The second-order valence-electron chi connectivity index (χ2n) is 5.19. The van der Waals surface area contributed by atoms with Crippen LogP contribution in [0.4, 0.5) is 4.39 Å². The Kier molecular flexibility index (Phi) is 5.11. The summed E-state index contributed by atoms with van der Waals surface area (Å²) in [7, 11) is 0. The van der Waals surface area contributed by atoms with Crippen LogP contribution in [0.1, 0.15) is 30.0 Å². The monoisotopic (exact) mass is 262 g/mol. The van der Waals surface area contributed by atoms with Crippen molar-refractivity contribution in [2.75, 3.05) is 26.2 Å². The summed E-state index contributed by atoms with van der Waals surface area (Å²) in [6, 6.07) is 5.58. The van der Waals surface area contributed by atoms with Gasteiger partial charge in [-0.3, -0.25) is 4.90 Å². The van der Waals surface area contributed by atoms with E-state index in [0.717, 1.165) is 50.1 Å². The molecule has 0 bridgehead atoms. The molecule has 2 nitrogen and oxygen atoms in total. The fraction of sp³-hybridized carbons (Fsp3) is 0.500. The molecule has 1 aromatic carbocycles. The maximum atomic E-state index is 14.1. The van der Waals surface area contributed by atoms with E-state index in [1.807, 2.05) is 25.1 Å². The first-order chi connectivity index (χ1) is 9.22. The normalized spacial score (nSPS) is 18.2. The third-order valence-electron chi connectivity index (χ3n) is 3.75. The van der Waals surface area contributed by atoms with E-state index in [2.05, 4.69) is 16.8 Å². The van der Waals surface area contributed by atoms with Crippen LogP contribution in [-0.4, -0.2) is 31.1 Å². The Labute approximate surface area is 115 Å². The zero-order chi connectivity index (χ0) is 13.7. The van der Waals surface area contributed by atoms with E-state index in [9.17, 15) is 4.39 Å². The predicted octanol–water partition coefficient (Wildman–Crippen LogP) is 3.05. The van der Waals surface area contributed by atoms with Gasteiger partial charge in [-0.2, -0.15) is 0 Å². The Hall–Kier alpha value is -1.19. The first-order valence-corrected chi connectivity index (χ1v) is 7.04. The van der Waals surface area contributed by atoms with Crippen molar-refractivity contribution in [3.05, 3.63) is 47.8 Å². The maximum Gasteiger partial charge on any atom is 0.128 e. The van der Waals surface area contributed by atoms with Crippen LogP contribution in [0, 0.1) is 12.7 Å². The van der Waals surface area contributed by atoms with Gasteiger partial charge < -0.3 is 5.32 Å². The van der Waals surface area contributed by atoms with Gasteiger partial charge in [0.15, 0.2) is 0 Å². The zero-order valence-corrected chi connectivity index (χ0v) is 11.7. The molecule has 1 aromatic rings. The van der Waals surface area contributed by atoms with Crippen LogP contribution in [0.15, 0.2) is 30.9 Å². The average Bonchev–Trinajstić information content (AvgIpc) is 2.44. The molecule has 1 heterocycles. The molecule has 1 saturated heterocycles. The van der Waals surface area contributed by atoms with Crippen molar-refractivity contribution < 1.29 is 4.39 Å². The van der Waals surface area contributed by atoms with Crippen LogP contribution in [0.3, 0.4) is 0 Å². The highest BCUT2D eigenvalue weighted by molar-refractivity contribution is 5.27. The molecule has 1 aliphatic heterocycles. The molecule has 0 spiro atoms. The number of rotatable bonds is 5. The Morgan fingerprint density at radius 1 is 1.42 bits per heavy atom. The van der Waals surface area contributed by atoms with Crippen LogP contribution in [0.2, 0.25) is 0 Å². The SMILES string of the molecule is C=CCC[C@H](c1cc(C)ccc1F)N1CCNCC1. The molecular formula is C16H23FN2. The van der Waals surface area contributed by atoms with Crippen LogP contribution in [0.25, 0.3) is 0 Å². The van der Waals surface area contributed by atoms with E-state index in [-0.39, 0.29) is 11.9 Å². The number of aryl methyl sites for hydroxylation is 1. The standard InChI is InChI=1S/C16H23FN2/c1-3-4-5-16(19-10-8-18-9-11-19)14-12-13(2)6-7-15(14)17/h3,6-7,12,16,18H,1,4-5,8-11H2,2H3/t16-/m1/s1. The number of hydrogen-bond donors (Lipinski definition) is 1. The van der Waals surface area contributed by atoms with Crippen molar-refractivity contribution in [3.63, 3.8) is 0 Å². The molecule has 1 atom stereocenters. The van der Waals surface area contributed by atoms with Gasteiger partial charge in [0.1, 0.15) is 5.82 Å². The summed E-state index contributed by atoms with van der Waals surface area (Å²) in [6.07, 6.45) is 3.77. The first kappa shape index (κ1) is 14.2. The fourth-order valence-corrected chi connectivity index (χ4v) is 2.72. The summed E-state index contributed by atoms with van der Waals surface area (Å²) >= 11 is 0. The lowest BCUT2D eigenvalue weighted by atomic mass is 9.97. The van der Waals surface area contributed by atoms with Crippen molar-refractivity contribution >= 4 is 0 Å². The van der Waals surface area contributed by atoms with Crippen molar-refractivity contribution in [2.24, 2.45) is 0 Å². The Balaban J connectivity index is 2.24. The summed E-state index contributed by atoms with van der Waals surface area (Å²) in [5.74, 6) is -0.0850. The Morgan fingerprint density at radius 3 is 2.84 bits per heavy atom. The van der Waals surface area contributed by atoms with Gasteiger partial charge >= 0.3 is 0 Å². The van der Waals surface area contributed by atoms with Crippen LogP contribution < -0.4 is 5.32 Å². The Bertz CT molecular complexity index is 425. The number of halogens is 1. The van der Waals surface area contributed by atoms with E-state index in [4.69, 9.17) is 0 Å². The van der Waals surface area contributed by atoms with E-state index in [1.54, 1.807) is 6.07 Å². The highest BCUT2D eigenvalue weighted by Crippen LogP contribution is 2.29.